The third-order valence-electron chi connectivity index (χ3n) is 2.69. The highest BCUT2D eigenvalue weighted by atomic mass is 35.5. The van der Waals surface area contributed by atoms with Gasteiger partial charge < -0.3 is 5.11 Å². The predicted octanol–water partition coefficient (Wildman–Crippen LogP) is 2.05. The standard InChI is InChI=1S/C11H13ClFNO/c12-10-2-1-3-11(13)9(10)7-14-5-4-8(15)6-14/h1-3,8,15H,4-7H2/t8-/m0/s1. The van der Waals surface area contributed by atoms with Crippen LogP contribution in [0.5, 0.6) is 0 Å². The Morgan fingerprint density at radius 1 is 1.53 bits per heavy atom. The van der Waals surface area contributed by atoms with E-state index in [-0.39, 0.29) is 11.9 Å². The number of benzene rings is 1. The molecule has 1 N–H and O–H groups in total. The third-order valence-corrected chi connectivity index (χ3v) is 3.05. The zero-order chi connectivity index (χ0) is 10.8. The van der Waals surface area contributed by atoms with Crippen molar-refractivity contribution in [3.05, 3.63) is 34.6 Å². The van der Waals surface area contributed by atoms with E-state index in [0.717, 1.165) is 13.0 Å². The van der Waals surface area contributed by atoms with E-state index in [2.05, 4.69) is 0 Å². The van der Waals surface area contributed by atoms with Crippen LogP contribution in [0.1, 0.15) is 12.0 Å². The third kappa shape index (κ3) is 2.48. The molecule has 1 aliphatic heterocycles. The number of β-amino-alcohol motifs (C(OH)–C–C–N with tert-alkyl or cyclic N) is 1. The fourth-order valence-electron chi connectivity index (χ4n) is 1.86. The van der Waals surface area contributed by atoms with Crippen molar-refractivity contribution in [3.63, 3.8) is 0 Å². The van der Waals surface area contributed by atoms with Crippen molar-refractivity contribution >= 4 is 11.6 Å². The second-order valence-corrected chi connectivity index (χ2v) is 4.29. The highest BCUT2D eigenvalue weighted by Crippen LogP contribution is 2.22. The lowest BCUT2D eigenvalue weighted by Crippen LogP contribution is -2.22. The molecule has 0 unspecified atom stereocenters. The topological polar surface area (TPSA) is 23.5 Å². The van der Waals surface area contributed by atoms with Crippen molar-refractivity contribution in [2.75, 3.05) is 13.1 Å². The zero-order valence-electron chi connectivity index (χ0n) is 8.29. The van der Waals surface area contributed by atoms with E-state index in [0.29, 0.717) is 23.7 Å². The number of hydrogen-bond acceptors (Lipinski definition) is 2. The minimum atomic E-state index is -0.282. The number of likely N-dealkylation sites (tertiary alicyclic amines) is 1. The largest absolute Gasteiger partial charge is 0.392 e. The van der Waals surface area contributed by atoms with E-state index < -0.39 is 0 Å². The number of hydrogen-bond donors (Lipinski definition) is 1. The van der Waals surface area contributed by atoms with Crippen LogP contribution in [0.25, 0.3) is 0 Å². The van der Waals surface area contributed by atoms with Crippen molar-refractivity contribution in [3.8, 4) is 0 Å². The minimum absolute atomic E-state index is 0.274. The summed E-state index contributed by atoms with van der Waals surface area (Å²) >= 11 is 5.92. The normalized spacial score (nSPS) is 22.2. The molecule has 1 atom stereocenters. The van der Waals surface area contributed by atoms with E-state index in [1.54, 1.807) is 12.1 Å². The van der Waals surface area contributed by atoms with E-state index in [1.807, 2.05) is 4.90 Å². The highest BCUT2D eigenvalue weighted by molar-refractivity contribution is 6.31. The lowest BCUT2D eigenvalue weighted by atomic mass is 10.2. The molecule has 0 saturated carbocycles. The molecule has 0 aromatic heterocycles. The first-order valence-corrected chi connectivity index (χ1v) is 5.38. The monoisotopic (exact) mass is 229 g/mol. The molecule has 1 saturated heterocycles. The summed E-state index contributed by atoms with van der Waals surface area (Å²) in [5, 5.41) is 9.80. The van der Waals surface area contributed by atoms with Gasteiger partial charge in [0.2, 0.25) is 0 Å². The van der Waals surface area contributed by atoms with Gasteiger partial charge in [0.05, 0.1) is 6.10 Å². The second-order valence-electron chi connectivity index (χ2n) is 3.88. The van der Waals surface area contributed by atoms with Gasteiger partial charge in [-0.3, -0.25) is 4.90 Å². The minimum Gasteiger partial charge on any atom is -0.392 e. The highest BCUT2D eigenvalue weighted by Gasteiger charge is 2.21. The molecular formula is C11H13ClFNO. The van der Waals surface area contributed by atoms with Gasteiger partial charge in [0.1, 0.15) is 5.82 Å². The fraction of sp³-hybridized carbons (Fsp3) is 0.455. The molecule has 15 heavy (non-hydrogen) atoms. The lowest BCUT2D eigenvalue weighted by molar-refractivity contribution is 0.174. The van der Waals surface area contributed by atoms with Crippen LogP contribution in [-0.4, -0.2) is 29.2 Å². The summed E-state index contributed by atoms with van der Waals surface area (Å²) in [7, 11) is 0. The summed E-state index contributed by atoms with van der Waals surface area (Å²) in [5.74, 6) is -0.274. The Kier molecular flexibility index (Phi) is 3.24. The summed E-state index contributed by atoms with van der Waals surface area (Å²) < 4.78 is 13.4. The summed E-state index contributed by atoms with van der Waals surface area (Å²) in [5.41, 5.74) is 0.522. The van der Waals surface area contributed by atoms with Crippen LogP contribution < -0.4 is 0 Å². The predicted molar refractivity (Wildman–Crippen MR) is 57.3 cm³/mol. The van der Waals surface area contributed by atoms with Crippen molar-refractivity contribution in [2.24, 2.45) is 0 Å². The van der Waals surface area contributed by atoms with Gasteiger partial charge in [-0.1, -0.05) is 17.7 Å². The SMILES string of the molecule is O[C@H]1CCN(Cc2c(F)cccc2Cl)C1. The smallest absolute Gasteiger partial charge is 0.129 e. The molecule has 4 heteroatoms. The number of halogens is 2. The van der Waals surface area contributed by atoms with Gasteiger partial charge in [0.15, 0.2) is 0 Å². The van der Waals surface area contributed by atoms with E-state index in [9.17, 15) is 9.50 Å². The quantitative estimate of drug-likeness (QED) is 0.839. The maximum Gasteiger partial charge on any atom is 0.129 e. The van der Waals surface area contributed by atoms with Crippen LogP contribution in [-0.2, 0) is 6.54 Å². The van der Waals surface area contributed by atoms with E-state index in [1.165, 1.54) is 6.07 Å². The molecule has 0 radical (unpaired) electrons. The molecule has 0 spiro atoms. The van der Waals surface area contributed by atoms with Crippen LogP contribution in [0.2, 0.25) is 5.02 Å². The molecule has 0 aliphatic carbocycles. The molecule has 2 nitrogen and oxygen atoms in total. The first-order valence-electron chi connectivity index (χ1n) is 5.00. The summed E-state index contributed by atoms with van der Waals surface area (Å²) in [6.07, 6.45) is 0.474. The molecule has 1 aromatic rings. The van der Waals surface area contributed by atoms with Gasteiger partial charge in [0, 0.05) is 30.2 Å². The van der Waals surface area contributed by atoms with Crippen LogP contribution >= 0.6 is 11.6 Å². The maximum absolute atomic E-state index is 13.4. The lowest BCUT2D eigenvalue weighted by Gasteiger charge is -2.16. The Hall–Kier alpha value is -0.640. The van der Waals surface area contributed by atoms with Gasteiger partial charge in [-0.25, -0.2) is 4.39 Å². The van der Waals surface area contributed by atoms with Crippen LogP contribution in [0, 0.1) is 5.82 Å². The second kappa shape index (κ2) is 4.47. The van der Waals surface area contributed by atoms with Crippen molar-refractivity contribution in [1.82, 2.24) is 4.90 Å². The molecule has 2 rings (SSSR count). The van der Waals surface area contributed by atoms with Crippen LogP contribution in [0.3, 0.4) is 0 Å². The molecule has 0 amide bonds. The summed E-state index contributed by atoms with van der Waals surface area (Å²) in [6, 6.07) is 4.69. The molecule has 1 heterocycles. The van der Waals surface area contributed by atoms with Gasteiger partial charge in [0.25, 0.3) is 0 Å². The Balaban J connectivity index is 2.10. The average molecular weight is 230 g/mol. The molecule has 0 bridgehead atoms. The zero-order valence-corrected chi connectivity index (χ0v) is 9.04. The van der Waals surface area contributed by atoms with Gasteiger partial charge in [-0.2, -0.15) is 0 Å². The van der Waals surface area contributed by atoms with Gasteiger partial charge in [-0.05, 0) is 18.6 Å². The maximum atomic E-state index is 13.4. The van der Waals surface area contributed by atoms with Gasteiger partial charge in [-0.15, -0.1) is 0 Å². The Morgan fingerprint density at radius 2 is 2.33 bits per heavy atom. The molecule has 1 aliphatic rings. The molecular weight excluding hydrogens is 217 g/mol. The number of nitrogens with zero attached hydrogens (tertiary/aromatic N) is 1. The van der Waals surface area contributed by atoms with Crippen molar-refractivity contribution < 1.29 is 9.50 Å². The Morgan fingerprint density at radius 3 is 2.93 bits per heavy atom. The molecule has 1 fully saturated rings. The first kappa shape index (κ1) is 10.9. The summed E-state index contributed by atoms with van der Waals surface area (Å²) in [4.78, 5) is 2.01. The Labute approximate surface area is 93.3 Å². The average Bonchev–Trinajstić information content (AvgIpc) is 2.58. The molecule has 1 aromatic carbocycles. The van der Waals surface area contributed by atoms with Crippen LogP contribution in [0.4, 0.5) is 4.39 Å². The van der Waals surface area contributed by atoms with Crippen molar-refractivity contribution in [1.29, 1.82) is 0 Å². The number of aliphatic hydroxyl groups is 1. The number of rotatable bonds is 2. The fourth-order valence-corrected chi connectivity index (χ4v) is 2.09. The number of aliphatic hydroxyl groups excluding tert-OH is 1. The van der Waals surface area contributed by atoms with E-state index in [4.69, 9.17) is 11.6 Å². The van der Waals surface area contributed by atoms with Crippen molar-refractivity contribution in [2.45, 2.75) is 19.1 Å². The first-order chi connectivity index (χ1) is 7.16. The van der Waals surface area contributed by atoms with Gasteiger partial charge >= 0.3 is 0 Å². The Bertz CT molecular complexity index is 338. The molecule has 82 valence electrons. The van der Waals surface area contributed by atoms with E-state index >= 15 is 0 Å². The summed E-state index contributed by atoms with van der Waals surface area (Å²) in [6.45, 7) is 1.87. The van der Waals surface area contributed by atoms with Crippen LogP contribution in [0.15, 0.2) is 18.2 Å².